The Bertz CT molecular complexity index is 235. The average Bonchev–Trinajstić information content (AvgIpc) is 2.47. The summed E-state index contributed by atoms with van der Waals surface area (Å²) in [6, 6.07) is 3.46. The van der Waals surface area contributed by atoms with Gasteiger partial charge in [0.2, 0.25) is 0 Å². The highest BCUT2D eigenvalue weighted by molar-refractivity contribution is 5.31. The second-order valence-corrected chi connectivity index (χ2v) is 2.73. The Hall–Kier alpha value is -1.00. The minimum Gasteiger partial charge on any atom is -0.446 e. The first kappa shape index (κ1) is 9.09. The molecular formula is C8H14N2O2. The van der Waals surface area contributed by atoms with Gasteiger partial charge in [0.15, 0.2) is 5.88 Å². The van der Waals surface area contributed by atoms with E-state index in [1.807, 2.05) is 19.1 Å². The van der Waals surface area contributed by atoms with Gasteiger partial charge < -0.3 is 20.6 Å². The highest BCUT2D eigenvalue weighted by Crippen LogP contribution is 2.11. The summed E-state index contributed by atoms with van der Waals surface area (Å²) in [5.41, 5.74) is 5.47. The Morgan fingerprint density at radius 3 is 2.92 bits per heavy atom. The average molecular weight is 170 g/mol. The zero-order chi connectivity index (χ0) is 8.97. The van der Waals surface area contributed by atoms with Crippen molar-refractivity contribution in [3.8, 4) is 0 Å². The van der Waals surface area contributed by atoms with Gasteiger partial charge in [-0.25, -0.2) is 0 Å². The van der Waals surface area contributed by atoms with Crippen molar-refractivity contribution >= 4 is 5.88 Å². The zero-order valence-electron chi connectivity index (χ0n) is 7.08. The van der Waals surface area contributed by atoms with Crippen molar-refractivity contribution in [3.05, 3.63) is 17.9 Å². The van der Waals surface area contributed by atoms with Crippen LogP contribution in [0.3, 0.4) is 0 Å². The van der Waals surface area contributed by atoms with Crippen LogP contribution in [-0.2, 0) is 0 Å². The number of hydrogen-bond donors (Lipinski definition) is 3. The molecule has 0 aliphatic heterocycles. The van der Waals surface area contributed by atoms with E-state index < -0.39 is 0 Å². The molecule has 0 amide bonds. The van der Waals surface area contributed by atoms with Crippen LogP contribution in [0.1, 0.15) is 5.76 Å². The summed E-state index contributed by atoms with van der Waals surface area (Å²) in [6.07, 6.45) is 0. The summed E-state index contributed by atoms with van der Waals surface area (Å²) >= 11 is 0. The van der Waals surface area contributed by atoms with Gasteiger partial charge in [-0.15, -0.1) is 0 Å². The number of anilines is 1. The maximum atomic E-state index is 8.62. The molecule has 12 heavy (non-hydrogen) atoms. The molecule has 4 nitrogen and oxygen atoms in total. The fraction of sp³-hybridized carbons (Fsp3) is 0.500. The van der Waals surface area contributed by atoms with Gasteiger partial charge in [-0.1, -0.05) is 0 Å². The lowest BCUT2D eigenvalue weighted by Crippen LogP contribution is -2.32. The van der Waals surface area contributed by atoms with Gasteiger partial charge in [0.05, 0.1) is 6.61 Å². The quantitative estimate of drug-likeness (QED) is 0.608. The predicted molar refractivity (Wildman–Crippen MR) is 47.0 cm³/mol. The van der Waals surface area contributed by atoms with Crippen LogP contribution >= 0.6 is 0 Å². The molecule has 1 aromatic heterocycles. The van der Waals surface area contributed by atoms with E-state index in [1.165, 1.54) is 0 Å². The second kappa shape index (κ2) is 4.13. The van der Waals surface area contributed by atoms with Gasteiger partial charge in [0.1, 0.15) is 5.76 Å². The molecule has 0 radical (unpaired) electrons. The lowest BCUT2D eigenvalue weighted by atomic mass is 10.3. The standard InChI is InChI=1S/C8H14N2O2/c1-6-2-3-8(12-6)10-4-7(9)5-11/h2-3,7,10-11H,4-5,9H2,1H3. The maximum Gasteiger partial charge on any atom is 0.193 e. The first-order chi connectivity index (χ1) is 5.72. The van der Waals surface area contributed by atoms with Crippen molar-refractivity contribution < 1.29 is 9.52 Å². The minimum absolute atomic E-state index is 0.0211. The van der Waals surface area contributed by atoms with Crippen LogP contribution in [-0.4, -0.2) is 24.3 Å². The van der Waals surface area contributed by atoms with Crippen LogP contribution < -0.4 is 11.1 Å². The Kier molecular flexibility index (Phi) is 3.13. The normalized spacial score (nSPS) is 12.9. The highest BCUT2D eigenvalue weighted by atomic mass is 16.4. The van der Waals surface area contributed by atoms with Gasteiger partial charge >= 0.3 is 0 Å². The number of nitrogens with one attached hydrogen (secondary N) is 1. The van der Waals surface area contributed by atoms with Gasteiger partial charge in [0.25, 0.3) is 0 Å². The molecule has 0 aromatic carbocycles. The molecular weight excluding hydrogens is 156 g/mol. The summed E-state index contributed by atoms with van der Waals surface area (Å²) in [5.74, 6) is 1.55. The molecule has 0 aliphatic rings. The van der Waals surface area contributed by atoms with Gasteiger partial charge in [-0.05, 0) is 13.0 Å². The number of aliphatic hydroxyl groups is 1. The summed E-state index contributed by atoms with van der Waals surface area (Å²) < 4.78 is 5.23. The molecule has 0 bridgehead atoms. The third kappa shape index (κ3) is 2.56. The highest BCUT2D eigenvalue weighted by Gasteiger charge is 2.01. The Morgan fingerprint density at radius 2 is 2.42 bits per heavy atom. The SMILES string of the molecule is Cc1ccc(NCC(N)CO)o1. The van der Waals surface area contributed by atoms with Gasteiger partial charge in [-0.3, -0.25) is 0 Å². The number of rotatable bonds is 4. The van der Waals surface area contributed by atoms with E-state index in [0.29, 0.717) is 12.4 Å². The van der Waals surface area contributed by atoms with E-state index in [0.717, 1.165) is 5.76 Å². The Labute approximate surface area is 71.4 Å². The van der Waals surface area contributed by atoms with Crippen molar-refractivity contribution in [1.82, 2.24) is 0 Å². The Balaban J connectivity index is 2.33. The fourth-order valence-corrected chi connectivity index (χ4v) is 0.826. The second-order valence-electron chi connectivity index (χ2n) is 2.73. The molecule has 1 heterocycles. The first-order valence-corrected chi connectivity index (χ1v) is 3.89. The fourth-order valence-electron chi connectivity index (χ4n) is 0.826. The molecule has 1 unspecified atom stereocenters. The molecule has 1 rings (SSSR count). The van der Waals surface area contributed by atoms with E-state index in [9.17, 15) is 0 Å². The summed E-state index contributed by atoms with van der Waals surface area (Å²) in [5, 5.41) is 11.6. The van der Waals surface area contributed by atoms with Crippen molar-refractivity contribution in [2.24, 2.45) is 5.73 Å². The number of nitrogens with two attached hydrogens (primary N) is 1. The van der Waals surface area contributed by atoms with Crippen molar-refractivity contribution in [2.45, 2.75) is 13.0 Å². The maximum absolute atomic E-state index is 8.62. The molecule has 0 fully saturated rings. The van der Waals surface area contributed by atoms with Crippen LogP contribution in [0.15, 0.2) is 16.5 Å². The molecule has 0 aliphatic carbocycles. The van der Waals surface area contributed by atoms with E-state index in [-0.39, 0.29) is 12.6 Å². The number of hydrogen-bond acceptors (Lipinski definition) is 4. The lowest BCUT2D eigenvalue weighted by Gasteiger charge is -2.07. The molecule has 0 saturated heterocycles. The van der Waals surface area contributed by atoms with E-state index in [4.69, 9.17) is 15.3 Å². The molecule has 4 heteroatoms. The zero-order valence-corrected chi connectivity index (χ0v) is 7.08. The first-order valence-electron chi connectivity index (χ1n) is 3.89. The van der Waals surface area contributed by atoms with Crippen molar-refractivity contribution in [2.75, 3.05) is 18.5 Å². The smallest absolute Gasteiger partial charge is 0.193 e. The van der Waals surface area contributed by atoms with Crippen LogP contribution in [0.5, 0.6) is 0 Å². The van der Waals surface area contributed by atoms with E-state index >= 15 is 0 Å². The van der Waals surface area contributed by atoms with Crippen molar-refractivity contribution in [1.29, 1.82) is 0 Å². The molecule has 0 saturated carbocycles. The van der Waals surface area contributed by atoms with Crippen LogP contribution in [0.4, 0.5) is 5.88 Å². The van der Waals surface area contributed by atoms with Gasteiger partial charge in [-0.2, -0.15) is 0 Å². The van der Waals surface area contributed by atoms with Crippen LogP contribution in [0.25, 0.3) is 0 Å². The van der Waals surface area contributed by atoms with Crippen LogP contribution in [0, 0.1) is 6.92 Å². The third-order valence-corrected chi connectivity index (χ3v) is 1.51. The topological polar surface area (TPSA) is 71.4 Å². The summed E-state index contributed by atoms with van der Waals surface area (Å²) in [6.45, 7) is 2.37. The molecule has 0 spiro atoms. The lowest BCUT2D eigenvalue weighted by molar-refractivity contribution is 0.270. The summed E-state index contributed by atoms with van der Waals surface area (Å²) in [7, 11) is 0. The minimum atomic E-state index is -0.240. The molecule has 68 valence electrons. The molecule has 4 N–H and O–H groups in total. The van der Waals surface area contributed by atoms with Crippen LogP contribution in [0.2, 0.25) is 0 Å². The molecule has 1 atom stereocenters. The largest absolute Gasteiger partial charge is 0.446 e. The van der Waals surface area contributed by atoms with E-state index in [2.05, 4.69) is 5.32 Å². The number of aryl methyl sites for hydroxylation is 1. The predicted octanol–water partition coefficient (Wildman–Crippen LogP) is 0.320. The van der Waals surface area contributed by atoms with Gasteiger partial charge in [0, 0.05) is 18.7 Å². The number of aliphatic hydroxyl groups excluding tert-OH is 1. The monoisotopic (exact) mass is 170 g/mol. The number of furan rings is 1. The van der Waals surface area contributed by atoms with E-state index in [1.54, 1.807) is 0 Å². The Morgan fingerprint density at radius 1 is 1.67 bits per heavy atom. The molecule has 1 aromatic rings. The van der Waals surface area contributed by atoms with Crippen molar-refractivity contribution in [3.63, 3.8) is 0 Å². The summed E-state index contributed by atoms with van der Waals surface area (Å²) in [4.78, 5) is 0. The third-order valence-electron chi connectivity index (χ3n) is 1.51.